The quantitative estimate of drug-likeness (QED) is 0.109. The summed E-state index contributed by atoms with van der Waals surface area (Å²) in [5.74, 6) is -1.98. The van der Waals surface area contributed by atoms with Crippen molar-refractivity contribution in [2.45, 2.75) is 56.7 Å². The molecule has 2 atom stereocenters. The van der Waals surface area contributed by atoms with Crippen molar-refractivity contribution in [3.05, 3.63) is 35.9 Å². The van der Waals surface area contributed by atoms with Crippen molar-refractivity contribution < 1.29 is 19.2 Å². The van der Waals surface area contributed by atoms with Gasteiger partial charge in [-0.25, -0.2) is 0 Å². The Bertz CT molecular complexity index is 1010. The molecule has 9 N–H and O–H groups in total. The molecular formula is C27H43N9O4. The number of nitrogens with two attached hydrogens (primary N) is 2. The van der Waals surface area contributed by atoms with Gasteiger partial charge in [0.1, 0.15) is 12.1 Å². The summed E-state index contributed by atoms with van der Waals surface area (Å²) in [7, 11) is 0. The van der Waals surface area contributed by atoms with E-state index in [9.17, 15) is 19.2 Å². The smallest absolute Gasteiger partial charge is 0.245 e. The van der Waals surface area contributed by atoms with Gasteiger partial charge >= 0.3 is 0 Å². The van der Waals surface area contributed by atoms with Crippen LogP contribution in [0.25, 0.3) is 0 Å². The lowest BCUT2D eigenvalue weighted by Gasteiger charge is -2.38. The van der Waals surface area contributed by atoms with E-state index in [2.05, 4.69) is 26.2 Å². The fourth-order valence-electron chi connectivity index (χ4n) is 5.24. The first-order valence-electron chi connectivity index (χ1n) is 14.0. The molecule has 0 spiro atoms. The predicted octanol–water partition coefficient (Wildman–Crippen LogP) is -1.77. The third kappa shape index (κ3) is 9.79. The molecular weight excluding hydrogens is 514 g/mol. The highest BCUT2D eigenvalue weighted by Crippen LogP contribution is 2.21. The molecule has 2 aliphatic heterocycles. The molecule has 0 unspecified atom stereocenters. The van der Waals surface area contributed by atoms with Crippen molar-refractivity contribution >= 4 is 29.6 Å². The molecule has 0 bridgehead atoms. The monoisotopic (exact) mass is 557 g/mol. The van der Waals surface area contributed by atoms with E-state index in [1.165, 1.54) is 12.8 Å². The SMILES string of the molecule is N=C(N)NCC[C@@H](NC(=O)CNC(=O)[C@@H](Cc1ccccc1)NC(=O)CN)C(=O)N1CCC(N2CCCC2)CC1. The van der Waals surface area contributed by atoms with Crippen LogP contribution in [-0.2, 0) is 25.6 Å². The van der Waals surface area contributed by atoms with Gasteiger partial charge < -0.3 is 42.5 Å². The minimum Gasteiger partial charge on any atom is -0.370 e. The van der Waals surface area contributed by atoms with Crippen LogP contribution in [0, 0.1) is 5.41 Å². The zero-order valence-corrected chi connectivity index (χ0v) is 23.0. The van der Waals surface area contributed by atoms with Crippen LogP contribution in [0.15, 0.2) is 30.3 Å². The second-order valence-corrected chi connectivity index (χ2v) is 10.3. The number of amides is 4. The summed E-state index contributed by atoms with van der Waals surface area (Å²) in [5, 5.41) is 17.9. The fraction of sp³-hybridized carbons (Fsp3) is 0.593. The van der Waals surface area contributed by atoms with Crippen LogP contribution < -0.4 is 32.7 Å². The van der Waals surface area contributed by atoms with Crippen molar-refractivity contribution in [2.75, 3.05) is 45.8 Å². The summed E-state index contributed by atoms with van der Waals surface area (Å²) in [6.45, 7) is 3.04. The molecule has 0 aliphatic carbocycles. The summed E-state index contributed by atoms with van der Waals surface area (Å²) in [6, 6.07) is 7.91. The standard InChI is InChI=1S/C27H43N9O4/c28-17-23(37)34-22(16-19-6-2-1-3-7-19)25(39)32-18-24(38)33-21(8-11-31-27(29)30)26(40)36-14-9-20(10-15-36)35-12-4-5-13-35/h1-3,6-7,20-22H,4-5,8-18,28H2,(H,32,39)(H,33,38)(H,34,37)(H4,29,30,31)/t21-,22-/m1/s1. The van der Waals surface area contributed by atoms with Gasteiger partial charge in [-0.1, -0.05) is 30.3 Å². The summed E-state index contributed by atoms with van der Waals surface area (Å²) < 4.78 is 0. The Morgan fingerprint density at radius 1 is 0.925 bits per heavy atom. The third-order valence-corrected chi connectivity index (χ3v) is 7.36. The molecule has 13 nitrogen and oxygen atoms in total. The van der Waals surface area contributed by atoms with Crippen LogP contribution >= 0.6 is 0 Å². The highest BCUT2D eigenvalue weighted by molar-refractivity contribution is 5.93. The van der Waals surface area contributed by atoms with E-state index in [0.29, 0.717) is 19.1 Å². The maximum Gasteiger partial charge on any atom is 0.245 e. The lowest BCUT2D eigenvalue weighted by atomic mass is 10.0. The number of piperidine rings is 1. The predicted molar refractivity (Wildman–Crippen MR) is 151 cm³/mol. The number of carbonyl (C=O) groups is 4. The normalized spacial score (nSPS) is 17.5. The number of guanidine groups is 1. The molecule has 2 fully saturated rings. The largest absolute Gasteiger partial charge is 0.370 e. The Morgan fingerprint density at radius 2 is 1.57 bits per heavy atom. The first kappa shape index (κ1) is 30.8. The van der Waals surface area contributed by atoms with E-state index in [4.69, 9.17) is 16.9 Å². The molecule has 2 saturated heterocycles. The second kappa shape index (κ2) is 15.8. The number of hydrogen-bond donors (Lipinski definition) is 7. The maximum atomic E-state index is 13.4. The molecule has 3 rings (SSSR count). The van der Waals surface area contributed by atoms with Gasteiger partial charge in [0.15, 0.2) is 5.96 Å². The average Bonchev–Trinajstić information content (AvgIpc) is 3.50. The topological polar surface area (TPSA) is 199 Å². The van der Waals surface area contributed by atoms with E-state index < -0.39 is 29.8 Å². The van der Waals surface area contributed by atoms with Gasteiger partial charge in [0.2, 0.25) is 23.6 Å². The molecule has 4 amide bonds. The highest BCUT2D eigenvalue weighted by Gasteiger charge is 2.32. The second-order valence-electron chi connectivity index (χ2n) is 10.3. The zero-order chi connectivity index (χ0) is 28.9. The summed E-state index contributed by atoms with van der Waals surface area (Å²) >= 11 is 0. The van der Waals surface area contributed by atoms with Crippen LogP contribution in [-0.4, -0.2) is 103 Å². The summed E-state index contributed by atoms with van der Waals surface area (Å²) in [6.07, 6.45) is 4.69. The van der Waals surface area contributed by atoms with Crippen LogP contribution in [0.1, 0.15) is 37.7 Å². The van der Waals surface area contributed by atoms with Gasteiger partial charge in [-0.3, -0.25) is 24.6 Å². The lowest BCUT2D eigenvalue weighted by molar-refractivity contribution is -0.138. The summed E-state index contributed by atoms with van der Waals surface area (Å²) in [4.78, 5) is 55.3. The van der Waals surface area contributed by atoms with E-state index in [1.807, 2.05) is 30.3 Å². The van der Waals surface area contributed by atoms with E-state index in [0.717, 1.165) is 31.5 Å². The number of likely N-dealkylation sites (tertiary alicyclic amines) is 2. The number of hydrogen-bond acceptors (Lipinski definition) is 7. The van der Waals surface area contributed by atoms with Gasteiger partial charge in [-0.05, 0) is 50.8 Å². The Morgan fingerprint density at radius 3 is 2.20 bits per heavy atom. The maximum absolute atomic E-state index is 13.4. The van der Waals surface area contributed by atoms with Gasteiger partial charge in [-0.15, -0.1) is 0 Å². The molecule has 2 aliphatic rings. The minimum absolute atomic E-state index is 0.193. The number of benzene rings is 1. The molecule has 40 heavy (non-hydrogen) atoms. The van der Waals surface area contributed by atoms with E-state index in [1.54, 1.807) is 4.90 Å². The Labute approximate surface area is 235 Å². The van der Waals surface area contributed by atoms with Gasteiger partial charge in [0.05, 0.1) is 13.1 Å². The zero-order valence-electron chi connectivity index (χ0n) is 23.0. The fourth-order valence-corrected chi connectivity index (χ4v) is 5.24. The number of nitrogens with zero attached hydrogens (tertiary/aromatic N) is 2. The van der Waals surface area contributed by atoms with Crippen molar-refractivity contribution in [2.24, 2.45) is 11.5 Å². The first-order valence-corrected chi connectivity index (χ1v) is 14.0. The van der Waals surface area contributed by atoms with Crippen LogP contribution in [0.4, 0.5) is 0 Å². The highest BCUT2D eigenvalue weighted by atomic mass is 16.2. The molecule has 0 saturated carbocycles. The van der Waals surface area contributed by atoms with Crippen molar-refractivity contribution in [1.29, 1.82) is 5.41 Å². The van der Waals surface area contributed by atoms with Crippen LogP contribution in [0.3, 0.4) is 0 Å². The van der Waals surface area contributed by atoms with E-state index >= 15 is 0 Å². The Kier molecular flexibility index (Phi) is 12.2. The first-order chi connectivity index (χ1) is 19.3. The van der Waals surface area contributed by atoms with E-state index in [-0.39, 0.29) is 44.3 Å². The van der Waals surface area contributed by atoms with Crippen molar-refractivity contribution in [3.8, 4) is 0 Å². The molecule has 0 radical (unpaired) electrons. The van der Waals surface area contributed by atoms with Crippen LogP contribution in [0.5, 0.6) is 0 Å². The molecule has 1 aromatic rings. The van der Waals surface area contributed by atoms with Gasteiger partial charge in [0, 0.05) is 32.1 Å². The molecule has 220 valence electrons. The van der Waals surface area contributed by atoms with Crippen molar-refractivity contribution in [3.63, 3.8) is 0 Å². The Hall–Kier alpha value is -3.71. The van der Waals surface area contributed by atoms with Crippen molar-refractivity contribution in [1.82, 2.24) is 31.1 Å². The van der Waals surface area contributed by atoms with Gasteiger partial charge in [0.25, 0.3) is 0 Å². The number of nitrogens with one attached hydrogen (secondary N) is 5. The number of carbonyl (C=O) groups excluding carboxylic acids is 4. The lowest BCUT2D eigenvalue weighted by Crippen LogP contribution is -2.55. The molecule has 2 heterocycles. The summed E-state index contributed by atoms with van der Waals surface area (Å²) in [5.41, 5.74) is 11.6. The number of rotatable bonds is 13. The third-order valence-electron chi connectivity index (χ3n) is 7.36. The van der Waals surface area contributed by atoms with Crippen LogP contribution in [0.2, 0.25) is 0 Å². The molecule has 13 heteroatoms. The minimum atomic E-state index is -0.916. The van der Waals surface area contributed by atoms with Gasteiger partial charge in [-0.2, -0.15) is 0 Å². The molecule has 0 aromatic heterocycles. The molecule has 1 aromatic carbocycles. The average molecular weight is 558 g/mol. The Balaban J connectivity index is 1.55.